The molecule has 3 aromatic carbocycles. The minimum atomic E-state index is -0.508. The van der Waals surface area contributed by atoms with E-state index in [9.17, 15) is 19.7 Å². The van der Waals surface area contributed by atoms with Crippen LogP contribution in [0, 0.1) is 10.1 Å². The van der Waals surface area contributed by atoms with Gasteiger partial charge in [-0.2, -0.15) is 0 Å². The number of amides is 2. The quantitative estimate of drug-likeness (QED) is 0.256. The van der Waals surface area contributed by atoms with Crippen molar-refractivity contribution < 1.29 is 24.0 Å². The molecule has 3 aromatic rings. The number of nitrogens with zero attached hydrogens (tertiary/aromatic N) is 3. The van der Waals surface area contributed by atoms with E-state index in [0.29, 0.717) is 57.4 Å². The molecule has 0 fully saturated rings. The van der Waals surface area contributed by atoms with E-state index in [0.717, 1.165) is 6.54 Å². The summed E-state index contributed by atoms with van der Waals surface area (Å²) in [7, 11) is 5.67. The molecule has 0 aliphatic carbocycles. The second-order valence-corrected chi connectivity index (χ2v) is 9.49. The highest BCUT2D eigenvalue weighted by Crippen LogP contribution is 2.41. The van der Waals surface area contributed by atoms with Crippen LogP contribution < -0.4 is 20.1 Å². The lowest BCUT2D eigenvalue weighted by Gasteiger charge is -2.20. The first-order chi connectivity index (χ1) is 18.7. The largest absolute Gasteiger partial charge is 0.454 e. The van der Waals surface area contributed by atoms with Crippen LogP contribution in [0.3, 0.4) is 0 Å². The minimum Gasteiger partial charge on any atom is -0.454 e. The summed E-state index contributed by atoms with van der Waals surface area (Å²) in [5, 5.41) is 17.3. The molecule has 5 rings (SSSR count). The van der Waals surface area contributed by atoms with Gasteiger partial charge in [0.2, 0.25) is 6.79 Å². The van der Waals surface area contributed by atoms with Gasteiger partial charge in [-0.15, -0.1) is 0 Å². The van der Waals surface area contributed by atoms with Crippen molar-refractivity contribution in [3.63, 3.8) is 0 Å². The summed E-state index contributed by atoms with van der Waals surface area (Å²) >= 11 is 0. The van der Waals surface area contributed by atoms with Crippen molar-refractivity contribution in [2.75, 3.05) is 51.7 Å². The number of anilines is 2. The van der Waals surface area contributed by atoms with E-state index in [1.54, 1.807) is 60.5 Å². The molecule has 0 saturated heterocycles. The first kappa shape index (κ1) is 25.7. The summed E-state index contributed by atoms with van der Waals surface area (Å²) in [6.07, 6.45) is 0. The van der Waals surface area contributed by atoms with E-state index in [-0.39, 0.29) is 18.4 Å². The topological polar surface area (TPSA) is 126 Å². The molecule has 2 aliphatic heterocycles. The van der Waals surface area contributed by atoms with Gasteiger partial charge in [0, 0.05) is 54.6 Å². The molecule has 0 bridgehead atoms. The lowest BCUT2D eigenvalue weighted by Crippen LogP contribution is -2.33. The van der Waals surface area contributed by atoms with Crippen molar-refractivity contribution in [3.8, 4) is 11.5 Å². The summed E-state index contributed by atoms with van der Waals surface area (Å²) in [5.74, 6) is 0.635. The monoisotopic (exact) mass is 529 g/mol. The number of rotatable bonds is 8. The third kappa shape index (κ3) is 5.25. The van der Waals surface area contributed by atoms with E-state index < -0.39 is 10.8 Å². The van der Waals surface area contributed by atoms with Gasteiger partial charge >= 0.3 is 0 Å². The molecule has 2 N–H and O–H groups in total. The van der Waals surface area contributed by atoms with Crippen molar-refractivity contribution in [2.24, 2.45) is 0 Å². The number of benzene rings is 3. The molecule has 0 saturated carbocycles. The molecule has 2 heterocycles. The van der Waals surface area contributed by atoms with Gasteiger partial charge in [0.05, 0.1) is 21.9 Å². The number of carbonyl (C=O) groups excluding carboxylic acids is 2. The molecule has 0 atom stereocenters. The van der Waals surface area contributed by atoms with E-state index >= 15 is 0 Å². The second kappa shape index (κ2) is 10.5. The summed E-state index contributed by atoms with van der Waals surface area (Å²) in [5.41, 5.74) is 3.39. The molecule has 11 nitrogen and oxygen atoms in total. The van der Waals surface area contributed by atoms with Gasteiger partial charge in [-0.05, 0) is 62.6 Å². The van der Waals surface area contributed by atoms with Crippen LogP contribution in [0.4, 0.5) is 17.1 Å². The van der Waals surface area contributed by atoms with Crippen molar-refractivity contribution in [1.82, 2.24) is 9.80 Å². The molecule has 0 radical (unpaired) electrons. The SMILES string of the molecule is CN(C)CCN(C)C(=O)c1ccc(N/C(=C2\C(=O)Nc3cc([N+](=O)[O-])ccc32)c2ccc3c(c2)OCO3)cc1. The number of hydrogen-bond donors (Lipinski definition) is 2. The summed E-state index contributed by atoms with van der Waals surface area (Å²) in [6.45, 7) is 1.45. The van der Waals surface area contributed by atoms with Crippen LogP contribution in [0.2, 0.25) is 0 Å². The fraction of sp³-hybridized carbons (Fsp3) is 0.214. The Bertz CT molecular complexity index is 1500. The van der Waals surface area contributed by atoms with E-state index in [2.05, 4.69) is 10.6 Å². The number of nitro groups is 1. The Hall–Kier alpha value is -4.90. The Kier molecular flexibility index (Phi) is 6.90. The van der Waals surface area contributed by atoms with Gasteiger partial charge in [-0.1, -0.05) is 0 Å². The normalized spacial score (nSPS) is 14.6. The number of fused-ring (bicyclic) bond motifs is 2. The number of carbonyl (C=O) groups is 2. The van der Waals surface area contributed by atoms with Crippen LogP contribution >= 0.6 is 0 Å². The van der Waals surface area contributed by atoms with Crippen LogP contribution in [0.15, 0.2) is 60.7 Å². The highest BCUT2D eigenvalue weighted by molar-refractivity contribution is 6.37. The zero-order chi connectivity index (χ0) is 27.7. The first-order valence-corrected chi connectivity index (χ1v) is 12.2. The minimum absolute atomic E-state index is 0.0940. The number of ether oxygens (including phenoxy) is 2. The Morgan fingerprint density at radius 2 is 1.69 bits per heavy atom. The zero-order valence-corrected chi connectivity index (χ0v) is 21.7. The molecule has 0 aromatic heterocycles. The van der Waals surface area contributed by atoms with Crippen LogP contribution in [0.5, 0.6) is 11.5 Å². The molecule has 39 heavy (non-hydrogen) atoms. The Morgan fingerprint density at radius 1 is 0.974 bits per heavy atom. The lowest BCUT2D eigenvalue weighted by molar-refractivity contribution is -0.384. The smallest absolute Gasteiger partial charge is 0.271 e. The number of nitro benzene ring substituents is 1. The molecule has 11 heteroatoms. The number of nitrogens with one attached hydrogen (secondary N) is 2. The maximum atomic E-state index is 13.2. The molecule has 0 spiro atoms. The van der Waals surface area contributed by atoms with Gasteiger partial charge in [0.25, 0.3) is 17.5 Å². The maximum absolute atomic E-state index is 13.2. The third-order valence-corrected chi connectivity index (χ3v) is 6.50. The fourth-order valence-electron chi connectivity index (χ4n) is 4.37. The van der Waals surface area contributed by atoms with Crippen LogP contribution in [-0.4, -0.2) is 67.6 Å². The predicted molar refractivity (Wildman–Crippen MR) is 147 cm³/mol. The Balaban J connectivity index is 1.51. The van der Waals surface area contributed by atoms with Gasteiger partial charge in [-0.3, -0.25) is 19.7 Å². The fourth-order valence-corrected chi connectivity index (χ4v) is 4.37. The highest BCUT2D eigenvalue weighted by atomic mass is 16.7. The Labute approximate surface area is 224 Å². The molecular weight excluding hydrogens is 502 g/mol. The van der Waals surface area contributed by atoms with E-state index in [1.807, 2.05) is 19.0 Å². The highest BCUT2D eigenvalue weighted by Gasteiger charge is 2.30. The summed E-state index contributed by atoms with van der Waals surface area (Å²) in [4.78, 5) is 40.5. The molecular formula is C28H27N5O6. The number of hydrogen-bond acceptors (Lipinski definition) is 8. The van der Waals surface area contributed by atoms with Crippen LogP contribution in [-0.2, 0) is 4.79 Å². The van der Waals surface area contributed by atoms with E-state index in [1.165, 1.54) is 12.1 Å². The number of non-ortho nitro benzene ring substituents is 1. The van der Waals surface area contributed by atoms with Crippen LogP contribution in [0.25, 0.3) is 11.3 Å². The molecule has 2 amide bonds. The standard InChI is InChI=1S/C28H27N5O6/c1-31(2)12-13-32(3)28(35)17-4-7-19(8-5-17)29-26(18-6-11-23-24(14-18)39-16-38-23)25-21-10-9-20(33(36)37)15-22(21)30-27(25)34/h4-11,14-15,29H,12-13,16H2,1-3H3,(H,30,34)/b26-25-. The molecule has 200 valence electrons. The first-order valence-electron chi connectivity index (χ1n) is 12.2. The van der Waals surface area contributed by atoms with Gasteiger partial charge in [0.15, 0.2) is 11.5 Å². The van der Waals surface area contributed by atoms with Crippen molar-refractivity contribution in [1.29, 1.82) is 0 Å². The zero-order valence-electron chi connectivity index (χ0n) is 21.7. The lowest BCUT2D eigenvalue weighted by atomic mass is 9.99. The molecule has 2 aliphatic rings. The molecule has 0 unspecified atom stereocenters. The summed E-state index contributed by atoms with van der Waals surface area (Å²) < 4.78 is 11.0. The second-order valence-electron chi connectivity index (χ2n) is 9.49. The predicted octanol–water partition coefficient (Wildman–Crippen LogP) is 3.89. The van der Waals surface area contributed by atoms with Gasteiger partial charge in [-0.25, -0.2) is 0 Å². The van der Waals surface area contributed by atoms with Crippen molar-refractivity contribution in [2.45, 2.75) is 0 Å². The number of likely N-dealkylation sites (N-methyl/N-ethyl adjacent to an activating group) is 2. The van der Waals surface area contributed by atoms with Crippen LogP contribution in [0.1, 0.15) is 21.5 Å². The summed E-state index contributed by atoms with van der Waals surface area (Å²) in [6, 6.07) is 16.6. The van der Waals surface area contributed by atoms with Crippen molar-refractivity contribution >= 4 is 40.1 Å². The van der Waals surface area contributed by atoms with Crippen molar-refractivity contribution in [3.05, 3.63) is 87.5 Å². The maximum Gasteiger partial charge on any atom is 0.271 e. The van der Waals surface area contributed by atoms with E-state index in [4.69, 9.17) is 9.47 Å². The third-order valence-electron chi connectivity index (χ3n) is 6.50. The average Bonchev–Trinajstić information content (AvgIpc) is 3.52. The average molecular weight is 530 g/mol. The van der Waals surface area contributed by atoms with Gasteiger partial charge < -0.3 is 29.9 Å². The Morgan fingerprint density at radius 3 is 2.41 bits per heavy atom. The van der Waals surface area contributed by atoms with Gasteiger partial charge in [0.1, 0.15) is 0 Å².